The van der Waals surface area contributed by atoms with Gasteiger partial charge in [0.05, 0.1) is 26.1 Å². The van der Waals surface area contributed by atoms with Crippen molar-refractivity contribution >= 4 is 45.5 Å². The number of ketones is 1. The van der Waals surface area contributed by atoms with Crippen LogP contribution < -0.4 is 15.4 Å². The zero-order chi connectivity index (χ0) is 21.7. The number of benzene rings is 1. The van der Waals surface area contributed by atoms with Crippen LogP contribution >= 0.6 is 11.8 Å². The van der Waals surface area contributed by atoms with Gasteiger partial charge in [-0.25, -0.2) is 0 Å². The van der Waals surface area contributed by atoms with Crippen LogP contribution in [0.2, 0.25) is 0 Å². The number of carbonyl (C=O) groups excluding carboxylic acids is 4. The molecule has 1 aromatic carbocycles. The number of nitrogens with one attached hydrogen (secondary N) is 3. The van der Waals surface area contributed by atoms with Gasteiger partial charge in [0.2, 0.25) is 5.91 Å². The standard InChI is InChI=1S/C20H24N4O5S/c1-29-17-5-3-4-15-14(17)8-16(23-15)19(27)22-9-13(25)11-24(20(28)30-2)10-12-6-7-21-18(12)26/h3-5,8,12,23H,6-7,9-11H2,1-2H3,(H,21,26)(H,22,27)/t12-/m0/s1. The highest BCUT2D eigenvalue weighted by atomic mass is 32.2. The fourth-order valence-corrected chi connectivity index (χ4v) is 3.79. The predicted molar refractivity (Wildman–Crippen MR) is 114 cm³/mol. The summed E-state index contributed by atoms with van der Waals surface area (Å²) in [5.41, 5.74) is 1.05. The molecular formula is C20H24N4O5S. The topological polar surface area (TPSA) is 121 Å². The Morgan fingerprint density at radius 1 is 1.33 bits per heavy atom. The number of ether oxygens (including phenoxy) is 1. The van der Waals surface area contributed by atoms with Gasteiger partial charge in [-0.15, -0.1) is 0 Å². The van der Waals surface area contributed by atoms with Crippen LogP contribution in [0, 0.1) is 5.92 Å². The van der Waals surface area contributed by atoms with E-state index in [2.05, 4.69) is 15.6 Å². The van der Waals surface area contributed by atoms with Crippen LogP contribution in [0.4, 0.5) is 4.79 Å². The Morgan fingerprint density at radius 2 is 2.13 bits per heavy atom. The maximum absolute atomic E-state index is 12.4. The predicted octanol–water partition coefficient (Wildman–Crippen LogP) is 1.40. The first-order valence-corrected chi connectivity index (χ1v) is 10.7. The highest BCUT2D eigenvalue weighted by Gasteiger charge is 2.29. The number of carbonyl (C=O) groups is 4. The van der Waals surface area contributed by atoms with Crippen molar-refractivity contribution in [3.8, 4) is 5.75 Å². The molecule has 2 aromatic rings. The highest BCUT2D eigenvalue weighted by Crippen LogP contribution is 2.25. The third kappa shape index (κ3) is 4.93. The van der Waals surface area contributed by atoms with Crippen molar-refractivity contribution in [3.63, 3.8) is 0 Å². The second kappa shape index (κ2) is 9.66. The molecule has 1 aliphatic rings. The van der Waals surface area contributed by atoms with Gasteiger partial charge in [0.25, 0.3) is 11.1 Å². The van der Waals surface area contributed by atoms with Crippen LogP contribution in [0.15, 0.2) is 24.3 Å². The number of H-pyrrole nitrogens is 1. The smallest absolute Gasteiger partial charge is 0.281 e. The van der Waals surface area contributed by atoms with E-state index in [1.807, 2.05) is 12.1 Å². The van der Waals surface area contributed by atoms with Crippen molar-refractivity contribution in [1.82, 2.24) is 20.5 Å². The minimum absolute atomic E-state index is 0.108. The Hall–Kier alpha value is -3.01. The number of hydrogen-bond acceptors (Lipinski definition) is 6. The molecule has 10 heteroatoms. The van der Waals surface area contributed by atoms with Gasteiger partial charge >= 0.3 is 0 Å². The lowest BCUT2D eigenvalue weighted by molar-refractivity contribution is -0.123. The molecule has 2 heterocycles. The Balaban J connectivity index is 1.58. The van der Waals surface area contributed by atoms with Crippen LogP contribution in [0.25, 0.3) is 10.9 Å². The lowest BCUT2D eigenvalue weighted by Crippen LogP contribution is -2.42. The number of Topliss-reactive ketones (excluding diaryl/α,β-unsaturated/α-hetero) is 1. The normalized spacial score (nSPS) is 15.7. The molecule has 9 nitrogen and oxygen atoms in total. The summed E-state index contributed by atoms with van der Waals surface area (Å²) in [6.07, 6.45) is 2.26. The first-order chi connectivity index (χ1) is 14.4. The van der Waals surface area contributed by atoms with E-state index < -0.39 is 5.91 Å². The number of thioether (sulfide) groups is 1. The Labute approximate surface area is 177 Å². The van der Waals surface area contributed by atoms with Gasteiger partial charge < -0.3 is 25.3 Å². The highest BCUT2D eigenvalue weighted by molar-refractivity contribution is 8.12. The first-order valence-electron chi connectivity index (χ1n) is 9.49. The lowest BCUT2D eigenvalue weighted by Gasteiger charge is -2.23. The van der Waals surface area contributed by atoms with Crippen molar-refractivity contribution in [1.29, 1.82) is 0 Å². The molecule has 0 spiro atoms. The van der Waals surface area contributed by atoms with Crippen molar-refractivity contribution < 1.29 is 23.9 Å². The number of methoxy groups -OCH3 is 1. The molecule has 1 aromatic heterocycles. The summed E-state index contributed by atoms with van der Waals surface area (Å²) in [5.74, 6) is -0.535. The minimum Gasteiger partial charge on any atom is -0.496 e. The molecular weight excluding hydrogens is 408 g/mol. The average Bonchev–Trinajstić information content (AvgIpc) is 3.36. The fraction of sp³-hybridized carbons (Fsp3) is 0.400. The van der Waals surface area contributed by atoms with Gasteiger partial charge in [0, 0.05) is 24.0 Å². The molecule has 0 radical (unpaired) electrons. The average molecular weight is 433 g/mol. The van der Waals surface area contributed by atoms with Gasteiger partial charge in [0.15, 0.2) is 5.78 Å². The number of hydrogen-bond donors (Lipinski definition) is 3. The summed E-state index contributed by atoms with van der Waals surface area (Å²) >= 11 is 0.985. The van der Waals surface area contributed by atoms with E-state index in [0.29, 0.717) is 24.4 Å². The summed E-state index contributed by atoms with van der Waals surface area (Å²) < 4.78 is 5.28. The number of fused-ring (bicyclic) bond motifs is 1. The number of aromatic amines is 1. The van der Waals surface area contributed by atoms with Crippen molar-refractivity contribution in [2.45, 2.75) is 6.42 Å². The molecule has 0 aliphatic carbocycles. The minimum atomic E-state index is -0.431. The summed E-state index contributed by atoms with van der Waals surface area (Å²) in [7, 11) is 1.55. The molecule has 3 N–H and O–H groups in total. The van der Waals surface area contributed by atoms with Gasteiger partial charge in [-0.1, -0.05) is 17.8 Å². The Kier molecular flexibility index (Phi) is 6.99. The fourth-order valence-electron chi connectivity index (χ4n) is 3.39. The second-order valence-corrected chi connectivity index (χ2v) is 7.71. The van der Waals surface area contributed by atoms with Gasteiger partial charge in [0.1, 0.15) is 11.4 Å². The zero-order valence-corrected chi connectivity index (χ0v) is 17.6. The molecule has 160 valence electrons. The molecule has 1 atom stereocenters. The summed E-state index contributed by atoms with van der Waals surface area (Å²) in [4.78, 5) is 53.1. The van der Waals surface area contributed by atoms with E-state index in [9.17, 15) is 19.2 Å². The number of aromatic nitrogens is 1. The van der Waals surface area contributed by atoms with Crippen LogP contribution in [-0.4, -0.2) is 72.3 Å². The molecule has 3 rings (SSSR count). The van der Waals surface area contributed by atoms with Crippen LogP contribution in [0.3, 0.4) is 0 Å². The SMILES string of the molecule is COc1cccc2[nH]c(C(=O)NCC(=O)CN(C[C@@H]3CCNC3=O)C(=O)SC)cc12. The summed E-state index contributed by atoms with van der Waals surface area (Å²) in [6, 6.07) is 7.09. The summed E-state index contributed by atoms with van der Waals surface area (Å²) in [5, 5.41) is 5.79. The van der Waals surface area contributed by atoms with Crippen molar-refractivity contribution in [2.24, 2.45) is 5.92 Å². The molecule has 0 saturated carbocycles. The third-order valence-electron chi connectivity index (χ3n) is 4.94. The Morgan fingerprint density at radius 3 is 2.80 bits per heavy atom. The molecule has 1 aliphatic heterocycles. The second-order valence-electron chi connectivity index (χ2n) is 6.95. The first kappa shape index (κ1) is 21.7. The number of nitrogens with zero attached hydrogens (tertiary/aromatic N) is 1. The van der Waals surface area contributed by atoms with Crippen LogP contribution in [0.1, 0.15) is 16.9 Å². The van der Waals surface area contributed by atoms with Crippen LogP contribution in [0.5, 0.6) is 5.75 Å². The molecule has 1 fully saturated rings. The quantitative estimate of drug-likeness (QED) is 0.580. The van der Waals surface area contributed by atoms with E-state index in [-0.39, 0.29) is 42.5 Å². The van der Waals surface area contributed by atoms with E-state index in [1.54, 1.807) is 25.5 Å². The van der Waals surface area contributed by atoms with Crippen molar-refractivity contribution in [3.05, 3.63) is 30.0 Å². The molecule has 30 heavy (non-hydrogen) atoms. The van der Waals surface area contributed by atoms with Gasteiger partial charge in [-0.3, -0.25) is 19.2 Å². The number of amides is 3. The van der Waals surface area contributed by atoms with Gasteiger partial charge in [-0.2, -0.15) is 0 Å². The van der Waals surface area contributed by atoms with E-state index in [1.165, 1.54) is 4.90 Å². The molecule has 3 amide bonds. The van der Waals surface area contributed by atoms with E-state index in [4.69, 9.17) is 4.74 Å². The number of rotatable bonds is 8. The zero-order valence-electron chi connectivity index (χ0n) is 16.8. The maximum Gasteiger partial charge on any atom is 0.281 e. The van der Waals surface area contributed by atoms with Crippen LogP contribution in [-0.2, 0) is 9.59 Å². The largest absolute Gasteiger partial charge is 0.496 e. The van der Waals surface area contributed by atoms with E-state index in [0.717, 1.165) is 22.7 Å². The molecule has 0 bridgehead atoms. The van der Waals surface area contributed by atoms with Gasteiger partial charge in [-0.05, 0) is 30.9 Å². The van der Waals surface area contributed by atoms with E-state index >= 15 is 0 Å². The molecule has 1 saturated heterocycles. The Bertz CT molecular complexity index is 973. The monoisotopic (exact) mass is 432 g/mol. The molecule has 0 unspecified atom stereocenters. The lowest BCUT2D eigenvalue weighted by atomic mass is 10.1. The third-order valence-corrected chi connectivity index (χ3v) is 5.55. The summed E-state index contributed by atoms with van der Waals surface area (Å²) in [6.45, 7) is 0.377. The van der Waals surface area contributed by atoms with Crippen molar-refractivity contribution in [2.75, 3.05) is 39.5 Å². The maximum atomic E-state index is 12.4.